The molecule has 6 heteroatoms. The van der Waals surface area contributed by atoms with Crippen LogP contribution in [0.3, 0.4) is 0 Å². The Kier molecular flexibility index (Phi) is 6.46. The van der Waals surface area contributed by atoms with Crippen molar-refractivity contribution in [2.24, 2.45) is 10.2 Å². The molecule has 144 valence electrons. The van der Waals surface area contributed by atoms with Gasteiger partial charge in [-0.1, -0.05) is 12.1 Å². The van der Waals surface area contributed by atoms with Gasteiger partial charge in [-0.3, -0.25) is 9.69 Å². The second-order valence-corrected chi connectivity index (χ2v) is 7.25. The molecule has 0 bridgehead atoms. The molecule has 1 fully saturated rings. The largest absolute Gasteiger partial charge is 0.497 e. The van der Waals surface area contributed by atoms with E-state index in [0.717, 1.165) is 51.3 Å². The van der Waals surface area contributed by atoms with Crippen molar-refractivity contribution in [2.45, 2.75) is 44.3 Å². The molecule has 6 nitrogen and oxygen atoms in total. The number of rotatable bonds is 8. The number of hydrogen-bond acceptors (Lipinski definition) is 5. The summed E-state index contributed by atoms with van der Waals surface area (Å²) in [5, 5.41) is 8.24. The van der Waals surface area contributed by atoms with E-state index in [2.05, 4.69) is 33.2 Å². The Morgan fingerprint density at radius 2 is 1.96 bits per heavy atom. The molecule has 0 radical (unpaired) electrons. The summed E-state index contributed by atoms with van der Waals surface area (Å²) in [5.41, 5.74) is 0.900. The van der Waals surface area contributed by atoms with E-state index in [4.69, 9.17) is 11.2 Å². The van der Waals surface area contributed by atoms with Crippen molar-refractivity contribution in [3.63, 3.8) is 0 Å². The Morgan fingerprint density at radius 3 is 2.63 bits per heavy atom. The molecular formula is C21H28N4O2. The van der Waals surface area contributed by atoms with E-state index in [0.29, 0.717) is 19.3 Å². The van der Waals surface area contributed by atoms with Gasteiger partial charge in [0.2, 0.25) is 5.91 Å². The van der Waals surface area contributed by atoms with Crippen LogP contribution >= 0.6 is 0 Å². The molecule has 27 heavy (non-hydrogen) atoms. The molecule has 0 saturated carbocycles. The van der Waals surface area contributed by atoms with Crippen LogP contribution in [0.4, 0.5) is 0 Å². The number of carbonyl (C=O) groups excluding carboxylic acids is 1. The summed E-state index contributed by atoms with van der Waals surface area (Å²) in [5.74, 6) is 3.71. The first-order chi connectivity index (χ1) is 13.1. The van der Waals surface area contributed by atoms with Gasteiger partial charge in [0, 0.05) is 58.4 Å². The second kappa shape index (κ2) is 9.01. The van der Waals surface area contributed by atoms with E-state index in [-0.39, 0.29) is 11.6 Å². The fraction of sp³-hybridized carbons (Fsp3) is 0.571. The van der Waals surface area contributed by atoms with Crippen molar-refractivity contribution in [1.82, 2.24) is 9.80 Å². The average molecular weight is 368 g/mol. The van der Waals surface area contributed by atoms with Crippen LogP contribution in [-0.2, 0) is 11.3 Å². The van der Waals surface area contributed by atoms with E-state index in [1.165, 1.54) is 5.56 Å². The van der Waals surface area contributed by atoms with Gasteiger partial charge in [0.15, 0.2) is 5.66 Å². The van der Waals surface area contributed by atoms with Crippen molar-refractivity contribution in [3.8, 4) is 18.1 Å². The highest BCUT2D eigenvalue weighted by atomic mass is 16.5. The normalized spacial score (nSPS) is 18.6. The van der Waals surface area contributed by atoms with Gasteiger partial charge in [0.05, 0.1) is 7.11 Å². The smallest absolute Gasteiger partial charge is 0.222 e. The molecule has 2 aliphatic heterocycles. The van der Waals surface area contributed by atoms with Crippen LogP contribution in [0.1, 0.15) is 37.7 Å². The molecule has 0 unspecified atom stereocenters. The number of hydrogen-bond donors (Lipinski definition) is 0. The molecule has 2 heterocycles. The third-order valence-electron chi connectivity index (χ3n) is 5.30. The lowest BCUT2D eigenvalue weighted by Gasteiger charge is -2.22. The fourth-order valence-corrected chi connectivity index (χ4v) is 3.50. The summed E-state index contributed by atoms with van der Waals surface area (Å²) in [4.78, 5) is 17.0. The molecule has 1 amide bonds. The molecule has 0 aromatic heterocycles. The van der Waals surface area contributed by atoms with Gasteiger partial charge in [-0.15, -0.1) is 12.3 Å². The highest BCUT2D eigenvalue weighted by molar-refractivity contribution is 5.76. The number of methoxy groups -OCH3 is 1. The zero-order chi connectivity index (χ0) is 19.1. The Morgan fingerprint density at radius 1 is 1.19 bits per heavy atom. The summed E-state index contributed by atoms with van der Waals surface area (Å²) >= 11 is 0. The molecule has 0 aliphatic carbocycles. The minimum atomic E-state index is -0.367. The lowest BCUT2D eigenvalue weighted by Crippen LogP contribution is -2.35. The first-order valence-electron chi connectivity index (χ1n) is 9.65. The first-order valence-corrected chi connectivity index (χ1v) is 9.65. The lowest BCUT2D eigenvalue weighted by molar-refractivity contribution is -0.131. The van der Waals surface area contributed by atoms with Gasteiger partial charge < -0.3 is 9.64 Å². The first kappa shape index (κ1) is 19.4. The average Bonchev–Trinajstić information content (AvgIpc) is 3.50. The van der Waals surface area contributed by atoms with Gasteiger partial charge in [-0.05, 0) is 24.1 Å². The maximum atomic E-state index is 12.6. The van der Waals surface area contributed by atoms with E-state index < -0.39 is 0 Å². The highest BCUT2D eigenvalue weighted by Crippen LogP contribution is 2.37. The third-order valence-corrected chi connectivity index (χ3v) is 5.30. The number of benzene rings is 1. The highest BCUT2D eigenvalue weighted by Gasteiger charge is 2.39. The molecule has 1 aromatic carbocycles. The van der Waals surface area contributed by atoms with Gasteiger partial charge in [-0.25, -0.2) is 0 Å². The van der Waals surface area contributed by atoms with Crippen molar-refractivity contribution in [2.75, 3.05) is 33.3 Å². The molecule has 1 aromatic rings. The van der Waals surface area contributed by atoms with E-state index in [1.54, 1.807) is 7.11 Å². The second-order valence-electron chi connectivity index (χ2n) is 7.25. The van der Waals surface area contributed by atoms with E-state index in [9.17, 15) is 4.79 Å². The van der Waals surface area contributed by atoms with Gasteiger partial charge >= 0.3 is 0 Å². The minimum absolute atomic E-state index is 0.207. The van der Waals surface area contributed by atoms with Gasteiger partial charge in [-0.2, -0.15) is 10.2 Å². The predicted octanol–water partition coefficient (Wildman–Crippen LogP) is 3.09. The van der Waals surface area contributed by atoms with E-state index in [1.807, 2.05) is 17.0 Å². The summed E-state index contributed by atoms with van der Waals surface area (Å²) < 4.78 is 5.21. The Hall–Kier alpha value is -2.39. The quantitative estimate of drug-likeness (QED) is 0.663. The topological polar surface area (TPSA) is 57.5 Å². The van der Waals surface area contributed by atoms with Crippen molar-refractivity contribution < 1.29 is 9.53 Å². The van der Waals surface area contributed by atoms with Crippen LogP contribution in [0.25, 0.3) is 0 Å². The number of nitrogens with zero attached hydrogens (tertiary/aromatic N) is 4. The number of carbonyl (C=O) groups is 1. The predicted molar refractivity (Wildman–Crippen MR) is 104 cm³/mol. The number of amides is 1. The standard InChI is InChI=1S/C21H28N4O2/c1-3-4-11-21(22-23-21)12-10-20(26)25-14-5-13-24(15-16-25)17-18-6-8-19(27-2)9-7-18/h1,6-9H,4-5,10-17H2,2H3. The minimum Gasteiger partial charge on any atom is -0.497 e. The van der Waals surface area contributed by atoms with Crippen LogP contribution < -0.4 is 4.74 Å². The zero-order valence-corrected chi connectivity index (χ0v) is 16.1. The number of terminal acetylenes is 1. The van der Waals surface area contributed by atoms with Crippen molar-refractivity contribution in [1.29, 1.82) is 0 Å². The third kappa shape index (κ3) is 5.54. The monoisotopic (exact) mass is 368 g/mol. The lowest BCUT2D eigenvalue weighted by atomic mass is 10.0. The Labute approximate surface area is 161 Å². The Bertz CT molecular complexity index is 702. The molecule has 0 N–H and O–H groups in total. The SMILES string of the molecule is C#CCCC1(CCC(=O)N2CCCN(Cc3ccc(OC)cc3)CC2)N=N1. The molecule has 1 saturated heterocycles. The molecular weight excluding hydrogens is 340 g/mol. The van der Waals surface area contributed by atoms with E-state index >= 15 is 0 Å². The van der Waals surface area contributed by atoms with Crippen molar-refractivity contribution in [3.05, 3.63) is 29.8 Å². The van der Waals surface area contributed by atoms with Crippen LogP contribution in [0.5, 0.6) is 5.75 Å². The molecule has 3 rings (SSSR count). The van der Waals surface area contributed by atoms with Crippen LogP contribution in [0.2, 0.25) is 0 Å². The van der Waals surface area contributed by atoms with Gasteiger partial charge in [0.25, 0.3) is 0 Å². The summed E-state index contributed by atoms with van der Waals surface area (Å²) in [6, 6.07) is 8.19. The van der Waals surface area contributed by atoms with Crippen LogP contribution in [0, 0.1) is 12.3 Å². The maximum absolute atomic E-state index is 12.6. The number of ether oxygens (including phenoxy) is 1. The summed E-state index contributed by atoms with van der Waals surface area (Å²) in [7, 11) is 1.68. The maximum Gasteiger partial charge on any atom is 0.222 e. The molecule has 0 atom stereocenters. The van der Waals surface area contributed by atoms with Crippen LogP contribution in [-0.4, -0.2) is 54.7 Å². The van der Waals surface area contributed by atoms with Crippen molar-refractivity contribution >= 4 is 5.91 Å². The molecule has 0 spiro atoms. The zero-order valence-electron chi connectivity index (χ0n) is 16.1. The Balaban J connectivity index is 1.43. The summed E-state index contributed by atoms with van der Waals surface area (Å²) in [6.45, 7) is 4.41. The fourth-order valence-electron chi connectivity index (χ4n) is 3.50. The van der Waals surface area contributed by atoms with Crippen LogP contribution in [0.15, 0.2) is 34.5 Å². The molecule has 2 aliphatic rings. The van der Waals surface area contributed by atoms with Gasteiger partial charge in [0.1, 0.15) is 5.75 Å². The summed E-state index contributed by atoms with van der Waals surface area (Å²) in [6.07, 6.45) is 8.91.